The van der Waals surface area contributed by atoms with Crippen LogP contribution in [0.4, 0.5) is 0 Å². The highest BCUT2D eigenvalue weighted by Gasteiger charge is 2.70. The normalized spacial score (nSPS) is 65.3. The molecular weight excluding hydrogens is 540 g/mol. The molecule has 0 aromatic heterocycles. The van der Waals surface area contributed by atoms with Crippen molar-refractivity contribution in [1.82, 2.24) is 0 Å². The zero-order valence-electron chi connectivity index (χ0n) is 24.8. The summed E-state index contributed by atoms with van der Waals surface area (Å²) < 4.78 is 52.9. The highest BCUT2D eigenvalue weighted by atomic mass is 32.2. The van der Waals surface area contributed by atoms with Gasteiger partial charge in [0.15, 0.2) is 9.84 Å². The van der Waals surface area contributed by atoms with E-state index in [9.17, 15) is 16.8 Å². The molecule has 10 fully saturated rings. The van der Waals surface area contributed by atoms with Gasteiger partial charge in [-0.3, -0.25) is 4.18 Å². The number of hydrogen-bond acceptors (Lipinski definition) is 5. The Morgan fingerprint density at radius 1 is 0.475 bits per heavy atom. The van der Waals surface area contributed by atoms with Crippen LogP contribution in [-0.4, -0.2) is 40.7 Å². The minimum Gasteiger partial charge on any atom is -0.270 e. The average molecular weight is 591 g/mol. The first-order valence-electron chi connectivity index (χ1n) is 17.0. The summed E-state index contributed by atoms with van der Waals surface area (Å²) in [7, 11) is -5.95. The van der Waals surface area contributed by atoms with Crippen molar-refractivity contribution in [3.63, 3.8) is 0 Å². The first kappa shape index (κ1) is 26.3. The Bertz CT molecular complexity index is 1210. The molecular formula is C33H50O5S2. The molecule has 0 radical (unpaired) electrons. The maximum atomic E-state index is 12.0. The Labute approximate surface area is 242 Å². The second-order valence-corrected chi connectivity index (χ2v) is 21.0. The summed E-state index contributed by atoms with van der Waals surface area (Å²) in [6.07, 6.45) is 6.57. The van der Waals surface area contributed by atoms with Crippen molar-refractivity contribution in [2.75, 3.05) is 23.9 Å². The fourth-order valence-electron chi connectivity index (χ4n) is 15.3. The molecule has 20 atom stereocenters. The van der Waals surface area contributed by atoms with E-state index in [4.69, 9.17) is 4.18 Å². The monoisotopic (exact) mass is 590 g/mol. The molecule has 2 aliphatic heterocycles. The van der Waals surface area contributed by atoms with E-state index in [1.165, 1.54) is 25.7 Å². The third kappa shape index (κ3) is 3.25. The molecule has 0 aromatic rings. The van der Waals surface area contributed by atoms with Gasteiger partial charge in [-0.2, -0.15) is 8.42 Å². The third-order valence-corrected chi connectivity index (χ3v) is 19.8. The van der Waals surface area contributed by atoms with E-state index >= 15 is 0 Å². The Morgan fingerprint density at radius 2 is 0.875 bits per heavy atom. The molecule has 0 spiro atoms. The van der Waals surface area contributed by atoms with Gasteiger partial charge < -0.3 is 0 Å². The molecule has 40 heavy (non-hydrogen) atoms. The second kappa shape index (κ2) is 8.31. The van der Waals surface area contributed by atoms with Crippen molar-refractivity contribution in [3.8, 4) is 0 Å². The van der Waals surface area contributed by atoms with Crippen molar-refractivity contribution in [3.05, 3.63) is 0 Å². The van der Waals surface area contributed by atoms with Crippen LogP contribution in [0.5, 0.6) is 0 Å². The minimum absolute atomic E-state index is 0.309. The third-order valence-electron chi connectivity index (χ3n) is 16.7. The minimum atomic E-state index is -3.23. The van der Waals surface area contributed by atoms with E-state index in [0.717, 1.165) is 101 Å². The van der Waals surface area contributed by atoms with Crippen LogP contribution in [0.25, 0.3) is 0 Å². The van der Waals surface area contributed by atoms with E-state index in [-0.39, 0.29) is 0 Å². The van der Waals surface area contributed by atoms with Gasteiger partial charge in [-0.15, -0.1) is 0 Å². The lowest BCUT2D eigenvalue weighted by Crippen LogP contribution is -2.48. The van der Waals surface area contributed by atoms with Crippen molar-refractivity contribution in [2.45, 2.75) is 59.8 Å². The molecule has 224 valence electrons. The molecule has 8 saturated carbocycles. The number of hydrogen-bond donors (Lipinski definition) is 0. The molecule has 0 N–H and O–H groups in total. The summed E-state index contributed by atoms with van der Waals surface area (Å²) in [5.41, 5.74) is 0. The SMILES string of the molecule is CC1C(C)C2CC1C1C3CC(C4CS(=O)(=O)CCC43)C21.CC1C(C)C2CC1C1C3CC(C4CS(=O)(=O)OCC43)C21. The van der Waals surface area contributed by atoms with Crippen molar-refractivity contribution in [2.24, 2.45) is 118 Å². The Balaban J connectivity index is 0.000000115. The van der Waals surface area contributed by atoms with Crippen molar-refractivity contribution >= 4 is 20.0 Å². The highest BCUT2D eigenvalue weighted by molar-refractivity contribution is 7.91. The van der Waals surface area contributed by atoms with Crippen LogP contribution in [0, 0.1) is 118 Å². The lowest BCUT2D eigenvalue weighted by Gasteiger charge is -2.48. The molecule has 10 aliphatic rings. The first-order valence-corrected chi connectivity index (χ1v) is 20.4. The van der Waals surface area contributed by atoms with Crippen LogP contribution in [0.3, 0.4) is 0 Å². The molecule has 0 aromatic carbocycles. The van der Waals surface area contributed by atoms with E-state index in [1.807, 2.05) is 0 Å². The predicted octanol–water partition coefficient (Wildman–Crippen LogP) is 5.22. The van der Waals surface area contributed by atoms with Crippen LogP contribution in [0.2, 0.25) is 0 Å². The topological polar surface area (TPSA) is 77.5 Å². The molecule has 0 amide bonds. The van der Waals surface area contributed by atoms with Gasteiger partial charge in [0.25, 0.3) is 10.1 Å². The van der Waals surface area contributed by atoms with E-state index in [1.54, 1.807) is 0 Å². The van der Waals surface area contributed by atoms with E-state index < -0.39 is 20.0 Å². The van der Waals surface area contributed by atoms with Gasteiger partial charge in [0.2, 0.25) is 0 Å². The number of sulfone groups is 1. The molecule has 20 unspecified atom stereocenters. The van der Waals surface area contributed by atoms with Gasteiger partial charge in [0, 0.05) is 0 Å². The Kier molecular flexibility index (Phi) is 5.46. The fourth-order valence-corrected chi connectivity index (χ4v) is 18.6. The predicted molar refractivity (Wildman–Crippen MR) is 154 cm³/mol. The summed E-state index contributed by atoms with van der Waals surface area (Å²) in [6, 6.07) is 0. The molecule has 8 bridgehead atoms. The second-order valence-electron chi connectivity index (χ2n) is 17.1. The number of rotatable bonds is 0. The molecule has 2 saturated heterocycles. The average Bonchev–Trinajstić information content (AvgIpc) is 3.73. The maximum Gasteiger partial charge on any atom is 0.267 e. The molecule has 5 nitrogen and oxygen atoms in total. The highest BCUT2D eigenvalue weighted by Crippen LogP contribution is 2.74. The van der Waals surface area contributed by atoms with Crippen molar-refractivity contribution < 1.29 is 21.0 Å². The van der Waals surface area contributed by atoms with Gasteiger partial charge in [-0.1, -0.05) is 27.7 Å². The summed E-state index contributed by atoms with van der Waals surface area (Å²) in [5, 5.41) is 0. The summed E-state index contributed by atoms with van der Waals surface area (Å²) >= 11 is 0. The zero-order valence-corrected chi connectivity index (χ0v) is 26.4. The molecule has 7 heteroatoms. The fraction of sp³-hybridized carbons (Fsp3) is 1.00. The van der Waals surface area contributed by atoms with Gasteiger partial charge in [-0.05, 0) is 150 Å². The largest absolute Gasteiger partial charge is 0.270 e. The van der Waals surface area contributed by atoms with Gasteiger partial charge in [-0.25, -0.2) is 8.42 Å². The molecule has 2 heterocycles. The quantitative estimate of drug-likeness (QED) is 0.286. The van der Waals surface area contributed by atoms with E-state index in [2.05, 4.69) is 27.7 Å². The summed E-state index contributed by atoms with van der Waals surface area (Å²) in [6.45, 7) is 10.3. The first-order chi connectivity index (χ1) is 19.0. The van der Waals surface area contributed by atoms with Gasteiger partial charge in [0.05, 0.1) is 23.9 Å². The van der Waals surface area contributed by atoms with Crippen LogP contribution < -0.4 is 0 Å². The van der Waals surface area contributed by atoms with Crippen LogP contribution in [0.1, 0.15) is 59.8 Å². The Hall–Kier alpha value is -0.140. The molecule has 8 aliphatic carbocycles. The van der Waals surface area contributed by atoms with Crippen LogP contribution in [0.15, 0.2) is 0 Å². The number of fused-ring (bicyclic) bond motifs is 24. The Morgan fingerprint density at radius 3 is 1.38 bits per heavy atom. The van der Waals surface area contributed by atoms with Crippen LogP contribution >= 0.6 is 0 Å². The van der Waals surface area contributed by atoms with E-state index in [0.29, 0.717) is 47.5 Å². The lowest BCUT2D eigenvalue weighted by atomic mass is 9.59. The van der Waals surface area contributed by atoms with Gasteiger partial charge >= 0.3 is 0 Å². The maximum absolute atomic E-state index is 12.0. The van der Waals surface area contributed by atoms with Crippen molar-refractivity contribution in [1.29, 1.82) is 0 Å². The smallest absolute Gasteiger partial charge is 0.267 e. The zero-order chi connectivity index (χ0) is 27.6. The standard InChI is InChI=1S/C17H26O2S.C16H24O3S/c1-8-9(2)12-5-11(8)16-13-6-14(17(12)16)15-7-20(18,19)4-3-10(13)15;1-7-8(2)10-3-9(7)15-11-4-12(16(10)15)14-6-20(17,18)19-5-13(11)14/h8-17H,3-7H2,1-2H3;7-16H,3-6H2,1-2H3. The summed E-state index contributed by atoms with van der Waals surface area (Å²) in [5.74, 6) is 17.7. The lowest BCUT2D eigenvalue weighted by molar-refractivity contribution is -0.00269. The molecule has 10 rings (SSSR count). The van der Waals surface area contributed by atoms with Crippen LogP contribution in [-0.2, 0) is 24.1 Å². The summed E-state index contributed by atoms with van der Waals surface area (Å²) in [4.78, 5) is 0. The van der Waals surface area contributed by atoms with Gasteiger partial charge in [0.1, 0.15) is 0 Å².